The van der Waals surface area contributed by atoms with Crippen LogP contribution in [0, 0.1) is 17.5 Å². The molecule has 0 saturated heterocycles. The zero-order chi connectivity index (χ0) is 14.2. The molecule has 6 heteroatoms. The van der Waals surface area contributed by atoms with Crippen LogP contribution < -0.4 is 5.73 Å². The van der Waals surface area contributed by atoms with Crippen LogP contribution in [0.25, 0.3) is 0 Å². The van der Waals surface area contributed by atoms with E-state index in [2.05, 4.69) is 4.98 Å². The van der Waals surface area contributed by atoms with Crippen molar-refractivity contribution in [1.29, 1.82) is 0 Å². The first-order valence-electron chi connectivity index (χ1n) is 5.77. The fraction of sp³-hybridized carbons (Fsp3) is 0.308. The second kappa shape index (κ2) is 5.21. The summed E-state index contributed by atoms with van der Waals surface area (Å²) in [4.78, 5) is 5.05. The topological polar surface area (TPSA) is 38.9 Å². The first-order valence-corrected chi connectivity index (χ1v) is 6.58. The van der Waals surface area contributed by atoms with E-state index in [4.69, 9.17) is 5.73 Å². The van der Waals surface area contributed by atoms with Crippen molar-refractivity contribution >= 4 is 16.5 Å². The van der Waals surface area contributed by atoms with Crippen LogP contribution in [-0.4, -0.2) is 4.98 Å². The lowest BCUT2D eigenvalue weighted by Gasteiger charge is -2.06. The molecule has 0 spiro atoms. The highest BCUT2D eigenvalue weighted by molar-refractivity contribution is 7.15. The first-order chi connectivity index (χ1) is 8.88. The molecule has 2 rings (SSSR count). The predicted octanol–water partition coefficient (Wildman–Crippen LogP) is 3.86. The van der Waals surface area contributed by atoms with Crippen LogP contribution in [0.3, 0.4) is 0 Å². The van der Waals surface area contributed by atoms with Crippen molar-refractivity contribution in [3.8, 4) is 0 Å². The van der Waals surface area contributed by atoms with Crippen LogP contribution in [0.4, 0.5) is 18.3 Å². The van der Waals surface area contributed by atoms with Crippen LogP contribution >= 0.6 is 11.3 Å². The predicted molar refractivity (Wildman–Crippen MR) is 69.7 cm³/mol. The average Bonchev–Trinajstić information content (AvgIpc) is 2.67. The fourth-order valence-electron chi connectivity index (χ4n) is 1.86. The number of halogens is 3. The van der Waals surface area contributed by atoms with E-state index >= 15 is 0 Å². The maximum atomic E-state index is 13.2. The molecule has 0 bridgehead atoms. The molecule has 1 aromatic heterocycles. The minimum absolute atomic E-state index is 0.165. The summed E-state index contributed by atoms with van der Waals surface area (Å²) in [6.07, 6.45) is 0.288. The van der Waals surface area contributed by atoms with Gasteiger partial charge in [-0.05, 0) is 23.6 Å². The highest BCUT2D eigenvalue weighted by atomic mass is 32.1. The lowest BCUT2D eigenvalue weighted by molar-refractivity contribution is 0.445. The Balaban J connectivity index is 2.36. The number of nitrogen functional groups attached to an aromatic ring is 1. The van der Waals surface area contributed by atoms with E-state index in [1.165, 1.54) is 11.3 Å². The largest absolute Gasteiger partial charge is 0.375 e. The Morgan fingerprint density at radius 3 is 2.32 bits per heavy atom. The van der Waals surface area contributed by atoms with Gasteiger partial charge in [0.25, 0.3) is 0 Å². The van der Waals surface area contributed by atoms with Crippen molar-refractivity contribution in [3.05, 3.63) is 45.7 Å². The second-order valence-electron chi connectivity index (χ2n) is 4.57. The van der Waals surface area contributed by atoms with Gasteiger partial charge >= 0.3 is 0 Å². The average molecular weight is 286 g/mol. The molecule has 0 radical (unpaired) electrons. The van der Waals surface area contributed by atoms with Gasteiger partial charge in [-0.15, -0.1) is 11.3 Å². The molecule has 1 aromatic carbocycles. The van der Waals surface area contributed by atoms with Gasteiger partial charge in [-0.3, -0.25) is 0 Å². The van der Waals surface area contributed by atoms with Crippen molar-refractivity contribution in [2.45, 2.75) is 26.2 Å². The van der Waals surface area contributed by atoms with Crippen molar-refractivity contribution in [2.24, 2.45) is 0 Å². The highest BCUT2D eigenvalue weighted by Gasteiger charge is 2.16. The number of benzene rings is 1. The molecule has 0 unspecified atom stereocenters. The Kier molecular flexibility index (Phi) is 3.80. The SMILES string of the molecule is CC(C)c1nc(N)sc1Cc1cc(F)c(F)c(F)c1. The van der Waals surface area contributed by atoms with Gasteiger partial charge in [-0.1, -0.05) is 13.8 Å². The van der Waals surface area contributed by atoms with Gasteiger partial charge in [0.1, 0.15) is 0 Å². The van der Waals surface area contributed by atoms with Crippen LogP contribution in [0.1, 0.15) is 35.9 Å². The van der Waals surface area contributed by atoms with Crippen LogP contribution in [0.2, 0.25) is 0 Å². The Morgan fingerprint density at radius 1 is 1.21 bits per heavy atom. The Hall–Kier alpha value is -1.56. The minimum atomic E-state index is -1.45. The lowest BCUT2D eigenvalue weighted by Crippen LogP contribution is -1.98. The third kappa shape index (κ3) is 2.89. The molecule has 2 nitrogen and oxygen atoms in total. The lowest BCUT2D eigenvalue weighted by atomic mass is 10.0. The summed E-state index contributed by atoms with van der Waals surface area (Å²) in [5.41, 5.74) is 6.83. The number of nitrogens with two attached hydrogens (primary N) is 1. The zero-order valence-corrected chi connectivity index (χ0v) is 11.3. The first kappa shape index (κ1) is 13.9. The number of nitrogens with zero attached hydrogens (tertiary/aromatic N) is 1. The number of rotatable bonds is 3. The van der Waals surface area contributed by atoms with Crippen LogP contribution in [0.15, 0.2) is 12.1 Å². The molecule has 0 aliphatic carbocycles. The van der Waals surface area contributed by atoms with Gasteiger partial charge in [-0.2, -0.15) is 0 Å². The normalized spacial score (nSPS) is 11.3. The van der Waals surface area contributed by atoms with E-state index < -0.39 is 17.5 Å². The molecule has 0 aliphatic rings. The summed E-state index contributed by atoms with van der Waals surface area (Å²) in [5, 5.41) is 0.418. The molecule has 2 aromatic rings. The second-order valence-corrected chi connectivity index (χ2v) is 5.68. The number of hydrogen-bond donors (Lipinski definition) is 1. The molecule has 0 atom stereocenters. The number of thiazole rings is 1. The minimum Gasteiger partial charge on any atom is -0.375 e. The molecule has 19 heavy (non-hydrogen) atoms. The standard InChI is InChI=1S/C13H13F3N2S/c1-6(2)12-10(19-13(17)18-12)5-7-3-8(14)11(16)9(15)4-7/h3-4,6H,5H2,1-2H3,(H2,17,18). The van der Waals surface area contributed by atoms with E-state index in [1.54, 1.807) is 0 Å². The molecule has 0 saturated carbocycles. The molecule has 0 amide bonds. The van der Waals surface area contributed by atoms with Gasteiger partial charge in [-0.25, -0.2) is 18.2 Å². The van der Waals surface area contributed by atoms with Gasteiger partial charge in [0, 0.05) is 11.3 Å². The van der Waals surface area contributed by atoms with Crippen molar-refractivity contribution in [1.82, 2.24) is 4.98 Å². The molecule has 1 heterocycles. The van der Waals surface area contributed by atoms with Gasteiger partial charge in [0.15, 0.2) is 22.6 Å². The zero-order valence-electron chi connectivity index (χ0n) is 10.5. The van der Waals surface area contributed by atoms with Crippen molar-refractivity contribution in [2.75, 3.05) is 5.73 Å². The van der Waals surface area contributed by atoms with E-state index in [1.807, 2.05) is 13.8 Å². The van der Waals surface area contributed by atoms with E-state index in [9.17, 15) is 13.2 Å². The quantitative estimate of drug-likeness (QED) is 0.870. The maximum Gasteiger partial charge on any atom is 0.194 e. The van der Waals surface area contributed by atoms with Crippen molar-refractivity contribution < 1.29 is 13.2 Å². The summed E-state index contributed by atoms with van der Waals surface area (Å²) in [5.74, 6) is -3.65. The summed E-state index contributed by atoms with van der Waals surface area (Å²) in [6.45, 7) is 3.92. The number of aromatic nitrogens is 1. The Labute approximate surface area is 113 Å². The third-order valence-corrected chi connectivity index (χ3v) is 3.60. The smallest absolute Gasteiger partial charge is 0.194 e. The monoisotopic (exact) mass is 286 g/mol. The Morgan fingerprint density at radius 2 is 1.79 bits per heavy atom. The summed E-state index contributed by atoms with van der Waals surface area (Å²) < 4.78 is 39.2. The summed E-state index contributed by atoms with van der Waals surface area (Å²) in [7, 11) is 0. The maximum absolute atomic E-state index is 13.2. The van der Waals surface area contributed by atoms with Gasteiger partial charge in [0.2, 0.25) is 0 Å². The molecule has 2 N–H and O–H groups in total. The summed E-state index contributed by atoms with van der Waals surface area (Å²) in [6, 6.07) is 2.00. The number of hydrogen-bond acceptors (Lipinski definition) is 3. The molecular formula is C13H13F3N2S. The highest BCUT2D eigenvalue weighted by Crippen LogP contribution is 2.29. The number of anilines is 1. The van der Waals surface area contributed by atoms with E-state index in [-0.39, 0.29) is 12.3 Å². The third-order valence-electron chi connectivity index (χ3n) is 2.70. The molecular weight excluding hydrogens is 273 g/mol. The van der Waals surface area contributed by atoms with Crippen LogP contribution in [0.5, 0.6) is 0 Å². The van der Waals surface area contributed by atoms with Crippen molar-refractivity contribution in [3.63, 3.8) is 0 Å². The molecule has 0 aliphatic heterocycles. The molecule has 0 fully saturated rings. The van der Waals surface area contributed by atoms with Crippen LogP contribution in [-0.2, 0) is 6.42 Å². The Bertz CT molecular complexity index is 585. The van der Waals surface area contributed by atoms with E-state index in [0.717, 1.165) is 22.7 Å². The molecule has 102 valence electrons. The van der Waals surface area contributed by atoms with E-state index in [0.29, 0.717) is 10.7 Å². The van der Waals surface area contributed by atoms with Gasteiger partial charge < -0.3 is 5.73 Å². The van der Waals surface area contributed by atoms with Gasteiger partial charge in [0.05, 0.1) is 5.69 Å². The fourth-order valence-corrected chi connectivity index (χ4v) is 2.88. The summed E-state index contributed by atoms with van der Waals surface area (Å²) >= 11 is 1.28.